The van der Waals surface area contributed by atoms with E-state index in [1.165, 1.54) is 0 Å². The van der Waals surface area contributed by atoms with Gasteiger partial charge in [0.25, 0.3) is 0 Å². The van der Waals surface area contributed by atoms with E-state index in [0.29, 0.717) is 0 Å². The van der Waals surface area contributed by atoms with Gasteiger partial charge in [-0.05, 0) is 12.1 Å². The zero-order valence-electron chi connectivity index (χ0n) is 8.51. The lowest BCUT2D eigenvalue weighted by Gasteiger charge is -2.03. The summed E-state index contributed by atoms with van der Waals surface area (Å²) in [6, 6.07) is 8.14. The highest BCUT2D eigenvalue weighted by Crippen LogP contribution is 2.16. The Kier molecular flexibility index (Phi) is 1.71. The summed E-state index contributed by atoms with van der Waals surface area (Å²) in [7, 11) is 0. The van der Waals surface area contributed by atoms with Crippen molar-refractivity contribution >= 4 is 16.6 Å². The molecule has 74 valence electrons. The molecular formula is C12H11N3. The Bertz CT molecular complexity index is 625. The van der Waals surface area contributed by atoms with Crippen molar-refractivity contribution in [2.45, 2.75) is 13.3 Å². The number of rotatable bonds is 1. The van der Waals surface area contributed by atoms with Crippen LogP contribution < -0.4 is 0 Å². The minimum atomic E-state index is 0.933. The fraction of sp³-hybridized carbons (Fsp3) is 0.167. The van der Waals surface area contributed by atoms with Gasteiger partial charge in [-0.25, -0.2) is 4.98 Å². The minimum Gasteiger partial charge on any atom is -0.293 e. The van der Waals surface area contributed by atoms with Gasteiger partial charge in [-0.3, -0.25) is 9.38 Å². The molecular weight excluding hydrogens is 186 g/mol. The second-order valence-corrected chi connectivity index (χ2v) is 3.54. The van der Waals surface area contributed by atoms with Gasteiger partial charge in [-0.15, -0.1) is 0 Å². The van der Waals surface area contributed by atoms with E-state index >= 15 is 0 Å². The summed E-state index contributed by atoms with van der Waals surface area (Å²) in [6.07, 6.45) is 4.68. The molecule has 2 aromatic heterocycles. The molecule has 0 fully saturated rings. The Morgan fingerprint density at radius 1 is 1.13 bits per heavy atom. The van der Waals surface area contributed by atoms with Crippen molar-refractivity contribution in [3.05, 3.63) is 42.5 Å². The maximum atomic E-state index is 4.40. The molecule has 0 atom stereocenters. The van der Waals surface area contributed by atoms with Crippen LogP contribution in [0.4, 0.5) is 0 Å². The Morgan fingerprint density at radius 2 is 1.93 bits per heavy atom. The van der Waals surface area contributed by atoms with Crippen LogP contribution in [0.3, 0.4) is 0 Å². The monoisotopic (exact) mass is 197 g/mol. The van der Waals surface area contributed by atoms with Crippen molar-refractivity contribution in [3.63, 3.8) is 0 Å². The second kappa shape index (κ2) is 3.05. The molecule has 3 heteroatoms. The Morgan fingerprint density at radius 3 is 2.80 bits per heavy atom. The van der Waals surface area contributed by atoms with Crippen molar-refractivity contribution < 1.29 is 0 Å². The smallest absolute Gasteiger partial charge is 0.113 e. The van der Waals surface area contributed by atoms with E-state index in [4.69, 9.17) is 0 Å². The molecule has 0 aliphatic rings. The quantitative estimate of drug-likeness (QED) is 0.599. The van der Waals surface area contributed by atoms with Gasteiger partial charge < -0.3 is 0 Å². The van der Waals surface area contributed by atoms with E-state index in [-0.39, 0.29) is 0 Å². The molecule has 0 spiro atoms. The topological polar surface area (TPSA) is 30.2 Å². The van der Waals surface area contributed by atoms with Crippen LogP contribution in [0.2, 0.25) is 0 Å². The largest absolute Gasteiger partial charge is 0.293 e. The minimum absolute atomic E-state index is 0.933. The average Bonchev–Trinajstić information content (AvgIpc) is 2.72. The predicted molar refractivity (Wildman–Crippen MR) is 59.9 cm³/mol. The summed E-state index contributed by atoms with van der Waals surface area (Å²) in [4.78, 5) is 8.78. The zero-order valence-corrected chi connectivity index (χ0v) is 8.51. The first-order valence-corrected chi connectivity index (χ1v) is 5.10. The highest BCUT2D eigenvalue weighted by Gasteiger charge is 2.05. The lowest BCUT2D eigenvalue weighted by atomic mass is 10.3. The van der Waals surface area contributed by atoms with Gasteiger partial charge >= 0.3 is 0 Å². The number of para-hydroxylation sites is 2. The number of hydrogen-bond acceptors (Lipinski definition) is 2. The molecule has 3 aromatic rings. The Balaban J connectivity index is 2.56. The van der Waals surface area contributed by atoms with Gasteiger partial charge in [0, 0.05) is 6.42 Å². The molecule has 1 aromatic carbocycles. The van der Waals surface area contributed by atoms with E-state index in [0.717, 1.165) is 28.8 Å². The highest BCUT2D eigenvalue weighted by atomic mass is 15.0. The molecule has 0 saturated heterocycles. The summed E-state index contributed by atoms with van der Waals surface area (Å²) in [5.41, 5.74) is 3.20. The van der Waals surface area contributed by atoms with Crippen LogP contribution in [0.1, 0.15) is 12.7 Å². The lowest BCUT2D eigenvalue weighted by molar-refractivity contribution is 0.950. The third-order valence-corrected chi connectivity index (χ3v) is 2.64. The van der Waals surface area contributed by atoms with Gasteiger partial charge in [0.1, 0.15) is 5.82 Å². The maximum absolute atomic E-state index is 4.40. The number of hydrogen-bond donors (Lipinski definition) is 0. The molecule has 0 bridgehead atoms. The molecule has 15 heavy (non-hydrogen) atoms. The van der Waals surface area contributed by atoms with Gasteiger partial charge in [0.2, 0.25) is 0 Å². The van der Waals surface area contributed by atoms with E-state index < -0.39 is 0 Å². The normalized spacial score (nSPS) is 11.3. The van der Waals surface area contributed by atoms with E-state index in [2.05, 4.69) is 27.4 Å². The van der Waals surface area contributed by atoms with Crippen molar-refractivity contribution in [1.82, 2.24) is 14.4 Å². The van der Waals surface area contributed by atoms with Gasteiger partial charge in [0.05, 0.1) is 28.9 Å². The third-order valence-electron chi connectivity index (χ3n) is 2.64. The summed E-state index contributed by atoms with van der Waals surface area (Å²) in [5, 5.41) is 0. The molecule has 0 aliphatic carbocycles. The van der Waals surface area contributed by atoms with Crippen LogP contribution in [-0.2, 0) is 6.42 Å². The number of aryl methyl sites for hydroxylation is 1. The van der Waals surface area contributed by atoms with Crippen molar-refractivity contribution in [3.8, 4) is 0 Å². The van der Waals surface area contributed by atoms with E-state index in [9.17, 15) is 0 Å². The standard InChI is InChI=1S/C12H11N3/c1-2-12-14-8-9-7-13-10-5-3-4-6-11(10)15(9)12/h3-8H,2H2,1H3. The van der Waals surface area contributed by atoms with Gasteiger partial charge in [-0.1, -0.05) is 19.1 Å². The Labute approximate surface area is 87.4 Å². The summed E-state index contributed by atoms with van der Waals surface area (Å²) >= 11 is 0. The molecule has 0 aliphatic heterocycles. The third kappa shape index (κ3) is 1.13. The van der Waals surface area contributed by atoms with Crippen molar-refractivity contribution in [1.29, 1.82) is 0 Å². The number of aromatic nitrogens is 3. The molecule has 0 unspecified atom stereocenters. The van der Waals surface area contributed by atoms with E-state index in [1.807, 2.05) is 30.6 Å². The summed E-state index contributed by atoms with van der Waals surface area (Å²) < 4.78 is 2.17. The first-order valence-electron chi connectivity index (χ1n) is 5.10. The number of imidazole rings is 1. The number of fused-ring (bicyclic) bond motifs is 3. The van der Waals surface area contributed by atoms with E-state index in [1.54, 1.807) is 0 Å². The molecule has 3 rings (SSSR count). The van der Waals surface area contributed by atoms with Crippen LogP contribution >= 0.6 is 0 Å². The number of nitrogens with zero attached hydrogens (tertiary/aromatic N) is 3. The SMILES string of the molecule is CCc1ncc2cnc3ccccc3n12. The molecule has 0 radical (unpaired) electrons. The second-order valence-electron chi connectivity index (χ2n) is 3.54. The van der Waals surface area contributed by atoms with Crippen LogP contribution in [0.15, 0.2) is 36.7 Å². The molecule has 2 heterocycles. The molecule has 0 saturated carbocycles. The maximum Gasteiger partial charge on any atom is 0.113 e. The fourth-order valence-corrected chi connectivity index (χ4v) is 1.92. The zero-order chi connectivity index (χ0) is 10.3. The van der Waals surface area contributed by atoms with Gasteiger partial charge in [-0.2, -0.15) is 0 Å². The van der Waals surface area contributed by atoms with Crippen LogP contribution in [0.25, 0.3) is 16.6 Å². The average molecular weight is 197 g/mol. The molecule has 0 amide bonds. The number of benzene rings is 1. The summed E-state index contributed by atoms with van der Waals surface area (Å²) in [5.74, 6) is 1.09. The van der Waals surface area contributed by atoms with Crippen molar-refractivity contribution in [2.24, 2.45) is 0 Å². The summed E-state index contributed by atoms with van der Waals surface area (Å²) in [6.45, 7) is 2.12. The lowest BCUT2D eigenvalue weighted by Crippen LogP contribution is -1.95. The van der Waals surface area contributed by atoms with Crippen molar-refractivity contribution in [2.75, 3.05) is 0 Å². The molecule has 0 N–H and O–H groups in total. The molecule has 3 nitrogen and oxygen atoms in total. The Hall–Kier alpha value is -1.90. The highest BCUT2D eigenvalue weighted by molar-refractivity contribution is 5.78. The predicted octanol–water partition coefficient (Wildman–Crippen LogP) is 2.44. The fourth-order valence-electron chi connectivity index (χ4n) is 1.92. The first-order chi connectivity index (χ1) is 7.40. The van der Waals surface area contributed by atoms with Gasteiger partial charge in [0.15, 0.2) is 0 Å². The van der Waals surface area contributed by atoms with Crippen LogP contribution in [-0.4, -0.2) is 14.4 Å². The first kappa shape index (κ1) is 8.41. The van der Waals surface area contributed by atoms with Crippen LogP contribution in [0, 0.1) is 0 Å². The van der Waals surface area contributed by atoms with Crippen LogP contribution in [0.5, 0.6) is 0 Å².